The van der Waals surface area contributed by atoms with Crippen LogP contribution in [-0.4, -0.2) is 48.4 Å². The van der Waals surface area contributed by atoms with Crippen molar-refractivity contribution in [3.63, 3.8) is 0 Å². The van der Waals surface area contributed by atoms with E-state index < -0.39 is 0 Å². The van der Waals surface area contributed by atoms with Gasteiger partial charge in [0.1, 0.15) is 11.4 Å². The summed E-state index contributed by atoms with van der Waals surface area (Å²) in [7, 11) is 1.59. The molecule has 8 heteroatoms. The smallest absolute Gasteiger partial charge is 0.242 e. The molecule has 0 bridgehead atoms. The number of benzene rings is 2. The van der Waals surface area contributed by atoms with Crippen LogP contribution < -0.4 is 5.43 Å². The van der Waals surface area contributed by atoms with E-state index in [2.05, 4.69) is 0 Å². The zero-order valence-electron chi connectivity index (χ0n) is 20.9. The molecule has 0 atom stereocenters. The van der Waals surface area contributed by atoms with Crippen LogP contribution in [0.4, 0.5) is 4.39 Å². The Labute approximate surface area is 210 Å². The number of carbonyl (C=O) groups excluding carboxylic acids is 2. The standard InChI is InChI=1S/C28H33FN2O5/c1-3-4-10-26(32)30(15-7-16-35-2)19-27(33)31(17-21-11-13-23(29)14-12-21)18-22-20-36-25-9-6-5-8-24(25)28(22)34/h5-6,8-9,11-14,20H,3-4,7,10,15-19H2,1-2H3. The van der Waals surface area contributed by atoms with Gasteiger partial charge in [0, 0.05) is 33.2 Å². The molecule has 0 saturated heterocycles. The molecule has 0 aliphatic carbocycles. The molecule has 3 rings (SSSR count). The van der Waals surface area contributed by atoms with Crippen LogP contribution in [0, 0.1) is 5.82 Å². The van der Waals surface area contributed by atoms with E-state index in [0.29, 0.717) is 48.1 Å². The lowest BCUT2D eigenvalue weighted by molar-refractivity contribution is -0.141. The lowest BCUT2D eigenvalue weighted by Crippen LogP contribution is -2.43. The Morgan fingerprint density at radius 2 is 1.72 bits per heavy atom. The van der Waals surface area contributed by atoms with Gasteiger partial charge in [-0.25, -0.2) is 4.39 Å². The third-order valence-electron chi connectivity index (χ3n) is 5.95. The molecule has 2 aromatic carbocycles. The van der Waals surface area contributed by atoms with Gasteiger partial charge in [0.05, 0.1) is 30.3 Å². The van der Waals surface area contributed by atoms with Crippen molar-refractivity contribution in [3.05, 3.63) is 82.0 Å². The third-order valence-corrected chi connectivity index (χ3v) is 5.95. The second kappa shape index (κ2) is 13.5. The summed E-state index contributed by atoms with van der Waals surface area (Å²) in [6.45, 7) is 2.91. The van der Waals surface area contributed by atoms with Gasteiger partial charge in [-0.2, -0.15) is 0 Å². The van der Waals surface area contributed by atoms with Crippen molar-refractivity contribution in [2.24, 2.45) is 0 Å². The lowest BCUT2D eigenvalue weighted by atomic mass is 10.1. The number of carbonyl (C=O) groups is 2. The third kappa shape index (κ3) is 7.49. The quantitative estimate of drug-likeness (QED) is 0.325. The normalized spacial score (nSPS) is 11.0. The summed E-state index contributed by atoms with van der Waals surface area (Å²) in [5.41, 5.74) is 1.28. The number of ether oxygens (including phenoxy) is 1. The highest BCUT2D eigenvalue weighted by Crippen LogP contribution is 2.15. The number of halogens is 1. The Balaban J connectivity index is 1.86. The fourth-order valence-corrected chi connectivity index (χ4v) is 3.92. The highest BCUT2D eigenvalue weighted by molar-refractivity contribution is 5.85. The fourth-order valence-electron chi connectivity index (χ4n) is 3.92. The fraction of sp³-hybridized carbons (Fsp3) is 0.393. The Bertz CT molecular complexity index is 1210. The predicted octanol–water partition coefficient (Wildman–Crippen LogP) is 4.52. The number of methoxy groups -OCH3 is 1. The first kappa shape index (κ1) is 27.1. The van der Waals surface area contributed by atoms with Crippen molar-refractivity contribution in [3.8, 4) is 0 Å². The summed E-state index contributed by atoms with van der Waals surface area (Å²) < 4.78 is 24.2. The minimum Gasteiger partial charge on any atom is -0.464 e. The molecule has 36 heavy (non-hydrogen) atoms. The summed E-state index contributed by atoms with van der Waals surface area (Å²) in [5.74, 6) is -0.778. The van der Waals surface area contributed by atoms with Crippen LogP contribution in [0.2, 0.25) is 0 Å². The first-order valence-corrected chi connectivity index (χ1v) is 12.2. The van der Waals surface area contributed by atoms with Gasteiger partial charge >= 0.3 is 0 Å². The SMILES string of the molecule is CCCCC(=O)N(CCCOC)CC(=O)N(Cc1ccc(F)cc1)Cc1coc2ccccc2c1=O. The number of amides is 2. The maximum Gasteiger partial charge on any atom is 0.242 e. The molecule has 1 aromatic heterocycles. The monoisotopic (exact) mass is 496 g/mol. The molecule has 0 saturated carbocycles. The zero-order valence-corrected chi connectivity index (χ0v) is 20.9. The van der Waals surface area contributed by atoms with E-state index in [1.54, 1.807) is 48.4 Å². The summed E-state index contributed by atoms with van der Waals surface area (Å²) in [6, 6.07) is 12.8. The molecule has 0 aliphatic rings. The maximum atomic E-state index is 13.5. The number of hydrogen-bond donors (Lipinski definition) is 0. The molecule has 7 nitrogen and oxygen atoms in total. The van der Waals surface area contributed by atoms with Crippen LogP contribution in [0.1, 0.15) is 43.7 Å². The van der Waals surface area contributed by atoms with Crippen LogP contribution in [0.3, 0.4) is 0 Å². The van der Waals surface area contributed by atoms with Crippen molar-refractivity contribution >= 4 is 22.8 Å². The Morgan fingerprint density at radius 1 is 0.972 bits per heavy atom. The van der Waals surface area contributed by atoms with Crippen LogP contribution in [0.15, 0.2) is 64.0 Å². The minimum atomic E-state index is -0.377. The molecular formula is C28H33FN2O5. The summed E-state index contributed by atoms with van der Waals surface area (Å²) in [4.78, 5) is 42.5. The van der Waals surface area contributed by atoms with E-state index in [1.165, 1.54) is 23.3 Å². The zero-order chi connectivity index (χ0) is 25.9. The van der Waals surface area contributed by atoms with Gasteiger partial charge < -0.3 is 19.0 Å². The number of unbranched alkanes of at least 4 members (excludes halogenated alkanes) is 1. The molecule has 3 aromatic rings. The van der Waals surface area contributed by atoms with Gasteiger partial charge in [-0.3, -0.25) is 14.4 Å². The van der Waals surface area contributed by atoms with E-state index >= 15 is 0 Å². The van der Waals surface area contributed by atoms with E-state index in [1.807, 2.05) is 6.92 Å². The summed E-state index contributed by atoms with van der Waals surface area (Å²) >= 11 is 0. The van der Waals surface area contributed by atoms with Crippen LogP contribution in [0.5, 0.6) is 0 Å². The van der Waals surface area contributed by atoms with Crippen LogP contribution in [0.25, 0.3) is 11.0 Å². The number of nitrogens with zero attached hydrogens (tertiary/aromatic N) is 2. The molecule has 0 unspecified atom stereocenters. The van der Waals surface area contributed by atoms with Crippen LogP contribution >= 0.6 is 0 Å². The highest BCUT2D eigenvalue weighted by Gasteiger charge is 2.23. The predicted molar refractivity (Wildman–Crippen MR) is 136 cm³/mol. The maximum absolute atomic E-state index is 13.5. The number of fused-ring (bicyclic) bond motifs is 1. The minimum absolute atomic E-state index is 0.00155. The largest absolute Gasteiger partial charge is 0.464 e. The second-order valence-electron chi connectivity index (χ2n) is 8.73. The summed E-state index contributed by atoms with van der Waals surface area (Å²) in [5, 5.41) is 0.431. The average molecular weight is 497 g/mol. The molecule has 2 amide bonds. The van der Waals surface area contributed by atoms with Crippen LogP contribution in [-0.2, 0) is 27.4 Å². The number of para-hydroxylation sites is 1. The van der Waals surface area contributed by atoms with Gasteiger partial charge in [-0.1, -0.05) is 37.6 Å². The number of hydrogen-bond acceptors (Lipinski definition) is 5. The van der Waals surface area contributed by atoms with Gasteiger partial charge in [0.2, 0.25) is 11.8 Å². The first-order valence-electron chi connectivity index (χ1n) is 12.2. The second-order valence-corrected chi connectivity index (χ2v) is 8.73. The van der Waals surface area contributed by atoms with Crippen molar-refractivity contribution in [1.82, 2.24) is 9.80 Å². The van der Waals surface area contributed by atoms with Crippen molar-refractivity contribution < 1.29 is 23.1 Å². The number of rotatable bonds is 13. The molecule has 0 fully saturated rings. The molecule has 1 heterocycles. The van der Waals surface area contributed by atoms with E-state index in [4.69, 9.17) is 9.15 Å². The van der Waals surface area contributed by atoms with Gasteiger partial charge in [-0.15, -0.1) is 0 Å². The van der Waals surface area contributed by atoms with E-state index in [-0.39, 0.29) is 42.7 Å². The van der Waals surface area contributed by atoms with E-state index in [9.17, 15) is 18.8 Å². The van der Waals surface area contributed by atoms with Gasteiger partial charge in [0.25, 0.3) is 0 Å². The topological polar surface area (TPSA) is 80.1 Å². The van der Waals surface area contributed by atoms with Crippen molar-refractivity contribution in [2.45, 2.75) is 45.7 Å². The van der Waals surface area contributed by atoms with Gasteiger partial charge in [0.15, 0.2) is 5.43 Å². The molecule has 0 aliphatic heterocycles. The molecule has 192 valence electrons. The average Bonchev–Trinajstić information content (AvgIpc) is 2.89. The van der Waals surface area contributed by atoms with Crippen molar-refractivity contribution in [2.75, 3.05) is 26.8 Å². The van der Waals surface area contributed by atoms with Gasteiger partial charge in [-0.05, 0) is 42.7 Å². The lowest BCUT2D eigenvalue weighted by Gasteiger charge is -2.28. The molecule has 0 spiro atoms. The molecule has 0 N–H and O–H groups in total. The Hall–Kier alpha value is -3.52. The Morgan fingerprint density at radius 3 is 2.44 bits per heavy atom. The van der Waals surface area contributed by atoms with E-state index in [0.717, 1.165) is 12.8 Å². The first-order chi connectivity index (χ1) is 17.4. The Kier molecular flexibility index (Phi) is 10.2. The molecule has 0 radical (unpaired) electrons. The highest BCUT2D eigenvalue weighted by atomic mass is 19.1. The summed E-state index contributed by atoms with van der Waals surface area (Å²) in [6.07, 6.45) is 3.96. The molecular weight excluding hydrogens is 463 g/mol. The van der Waals surface area contributed by atoms with Crippen molar-refractivity contribution in [1.29, 1.82) is 0 Å².